The number of hydrogen-bond donors (Lipinski definition) is 0. The minimum atomic E-state index is 0.745. The maximum atomic E-state index is 2.41. The Morgan fingerprint density at radius 3 is 2.57 bits per heavy atom. The number of rotatable bonds is 5. The molecule has 0 aromatic rings. The van der Waals surface area contributed by atoms with Crippen molar-refractivity contribution >= 4 is 0 Å². The summed E-state index contributed by atoms with van der Waals surface area (Å²) in [6.07, 6.45) is 13.2. The van der Waals surface area contributed by atoms with Gasteiger partial charge in [-0.25, -0.2) is 0 Å². The molecule has 1 fully saturated rings. The summed E-state index contributed by atoms with van der Waals surface area (Å²) in [4.78, 5) is 0. The largest absolute Gasteiger partial charge is 0.0654 e. The van der Waals surface area contributed by atoms with E-state index in [1.165, 1.54) is 57.8 Å². The van der Waals surface area contributed by atoms with E-state index in [-0.39, 0.29) is 0 Å². The predicted molar refractivity (Wildman–Crippen MR) is 64.5 cm³/mol. The zero-order valence-electron chi connectivity index (χ0n) is 10.4. The minimum absolute atomic E-state index is 0.745. The second kappa shape index (κ2) is 5.78. The summed E-state index contributed by atoms with van der Waals surface area (Å²) in [6, 6.07) is 0. The molecule has 0 radical (unpaired) electrons. The van der Waals surface area contributed by atoms with Gasteiger partial charge in [0.25, 0.3) is 0 Å². The molecule has 0 aliphatic heterocycles. The standard InChI is InChI=1S/C14H28/c1-4-7-10-14(6-3)11-8-9-13(5-2)12-14/h13H,4-12H2,1-3H3. The molecule has 2 unspecified atom stereocenters. The van der Waals surface area contributed by atoms with E-state index in [0.717, 1.165) is 11.3 Å². The van der Waals surface area contributed by atoms with Crippen LogP contribution in [0.1, 0.15) is 78.6 Å². The van der Waals surface area contributed by atoms with Crippen LogP contribution < -0.4 is 0 Å². The van der Waals surface area contributed by atoms with Crippen molar-refractivity contribution in [2.75, 3.05) is 0 Å². The summed E-state index contributed by atoms with van der Waals surface area (Å²) in [7, 11) is 0. The van der Waals surface area contributed by atoms with Crippen molar-refractivity contribution in [1.29, 1.82) is 0 Å². The molecule has 0 aromatic carbocycles. The summed E-state index contributed by atoms with van der Waals surface area (Å²) in [5.41, 5.74) is 0.745. The first kappa shape index (κ1) is 12.1. The fourth-order valence-corrected chi connectivity index (χ4v) is 3.21. The van der Waals surface area contributed by atoms with E-state index in [1.54, 1.807) is 0 Å². The molecule has 1 rings (SSSR count). The van der Waals surface area contributed by atoms with Gasteiger partial charge in [-0.2, -0.15) is 0 Å². The molecule has 0 bridgehead atoms. The molecule has 2 atom stereocenters. The second-order valence-electron chi connectivity index (χ2n) is 5.33. The molecule has 0 saturated heterocycles. The Balaban J connectivity index is 2.49. The first-order chi connectivity index (χ1) is 6.76. The van der Waals surface area contributed by atoms with Crippen molar-refractivity contribution in [3.8, 4) is 0 Å². The third-order valence-corrected chi connectivity index (χ3v) is 4.43. The van der Waals surface area contributed by atoms with Gasteiger partial charge in [-0.3, -0.25) is 0 Å². The van der Waals surface area contributed by atoms with E-state index < -0.39 is 0 Å². The van der Waals surface area contributed by atoms with Gasteiger partial charge in [-0.05, 0) is 30.6 Å². The third-order valence-electron chi connectivity index (χ3n) is 4.43. The van der Waals surface area contributed by atoms with Crippen LogP contribution in [0.5, 0.6) is 0 Å². The van der Waals surface area contributed by atoms with Gasteiger partial charge in [0.1, 0.15) is 0 Å². The Labute approximate surface area is 90.5 Å². The van der Waals surface area contributed by atoms with Gasteiger partial charge in [0.05, 0.1) is 0 Å². The van der Waals surface area contributed by atoms with Crippen LogP contribution in [0.2, 0.25) is 0 Å². The van der Waals surface area contributed by atoms with Gasteiger partial charge in [-0.1, -0.05) is 59.3 Å². The summed E-state index contributed by atoms with van der Waals surface area (Å²) in [5.74, 6) is 1.04. The lowest BCUT2D eigenvalue weighted by molar-refractivity contribution is 0.114. The summed E-state index contributed by atoms with van der Waals surface area (Å²) < 4.78 is 0. The highest BCUT2D eigenvalue weighted by atomic mass is 14.4. The monoisotopic (exact) mass is 196 g/mol. The van der Waals surface area contributed by atoms with Crippen molar-refractivity contribution in [2.45, 2.75) is 78.6 Å². The molecule has 0 heteroatoms. The lowest BCUT2D eigenvalue weighted by Gasteiger charge is -2.40. The lowest BCUT2D eigenvalue weighted by atomic mass is 9.65. The predicted octanol–water partition coefficient (Wildman–Crippen LogP) is 5.17. The molecule has 84 valence electrons. The first-order valence-corrected chi connectivity index (χ1v) is 6.76. The molecule has 0 aromatic heterocycles. The molecule has 0 spiro atoms. The van der Waals surface area contributed by atoms with Crippen LogP contribution in [0.4, 0.5) is 0 Å². The molecule has 1 aliphatic rings. The Morgan fingerprint density at radius 1 is 1.21 bits per heavy atom. The average molecular weight is 196 g/mol. The third kappa shape index (κ3) is 3.00. The van der Waals surface area contributed by atoms with E-state index in [0.29, 0.717) is 0 Å². The van der Waals surface area contributed by atoms with Crippen LogP contribution in [0, 0.1) is 11.3 Å². The second-order valence-corrected chi connectivity index (χ2v) is 5.33. The van der Waals surface area contributed by atoms with Gasteiger partial charge in [0.15, 0.2) is 0 Å². The van der Waals surface area contributed by atoms with Crippen LogP contribution in [-0.4, -0.2) is 0 Å². The minimum Gasteiger partial charge on any atom is -0.0654 e. The average Bonchev–Trinajstić information content (AvgIpc) is 2.26. The Kier molecular flexibility index (Phi) is 4.98. The van der Waals surface area contributed by atoms with E-state index in [1.807, 2.05) is 0 Å². The van der Waals surface area contributed by atoms with Crippen molar-refractivity contribution in [3.63, 3.8) is 0 Å². The molecule has 0 heterocycles. The van der Waals surface area contributed by atoms with Gasteiger partial charge >= 0.3 is 0 Å². The highest BCUT2D eigenvalue weighted by Crippen LogP contribution is 2.46. The van der Waals surface area contributed by atoms with Crippen LogP contribution in [0.3, 0.4) is 0 Å². The van der Waals surface area contributed by atoms with Crippen molar-refractivity contribution in [2.24, 2.45) is 11.3 Å². The Hall–Kier alpha value is 0. The van der Waals surface area contributed by atoms with Gasteiger partial charge < -0.3 is 0 Å². The zero-order valence-corrected chi connectivity index (χ0v) is 10.4. The molecule has 0 nitrogen and oxygen atoms in total. The van der Waals surface area contributed by atoms with Crippen LogP contribution in [0.15, 0.2) is 0 Å². The lowest BCUT2D eigenvalue weighted by Crippen LogP contribution is -2.28. The van der Waals surface area contributed by atoms with Crippen molar-refractivity contribution in [3.05, 3.63) is 0 Å². The fraction of sp³-hybridized carbons (Fsp3) is 1.00. The van der Waals surface area contributed by atoms with Gasteiger partial charge in [-0.15, -0.1) is 0 Å². The normalized spacial score (nSPS) is 33.2. The van der Waals surface area contributed by atoms with Crippen molar-refractivity contribution < 1.29 is 0 Å². The van der Waals surface area contributed by atoms with E-state index >= 15 is 0 Å². The number of hydrogen-bond acceptors (Lipinski definition) is 0. The summed E-state index contributed by atoms with van der Waals surface area (Å²) in [5, 5.41) is 0. The van der Waals surface area contributed by atoms with Crippen LogP contribution in [0.25, 0.3) is 0 Å². The van der Waals surface area contributed by atoms with Crippen LogP contribution in [-0.2, 0) is 0 Å². The van der Waals surface area contributed by atoms with Gasteiger partial charge in [0.2, 0.25) is 0 Å². The maximum Gasteiger partial charge on any atom is -0.0297 e. The highest BCUT2D eigenvalue weighted by Gasteiger charge is 2.33. The molecule has 0 amide bonds. The van der Waals surface area contributed by atoms with Gasteiger partial charge in [0, 0.05) is 0 Å². The molecule has 1 aliphatic carbocycles. The van der Waals surface area contributed by atoms with E-state index in [9.17, 15) is 0 Å². The maximum absolute atomic E-state index is 2.41. The molecule has 0 N–H and O–H groups in total. The quantitative estimate of drug-likeness (QED) is 0.569. The molecule has 14 heavy (non-hydrogen) atoms. The highest BCUT2D eigenvalue weighted by molar-refractivity contribution is 4.85. The molecule has 1 saturated carbocycles. The first-order valence-electron chi connectivity index (χ1n) is 6.76. The topological polar surface area (TPSA) is 0 Å². The van der Waals surface area contributed by atoms with Crippen LogP contribution >= 0.6 is 0 Å². The number of unbranched alkanes of at least 4 members (excludes halogenated alkanes) is 1. The smallest absolute Gasteiger partial charge is 0.0297 e. The summed E-state index contributed by atoms with van der Waals surface area (Å²) in [6.45, 7) is 7.10. The molecular formula is C14H28. The van der Waals surface area contributed by atoms with E-state index in [4.69, 9.17) is 0 Å². The molecular weight excluding hydrogens is 168 g/mol. The SMILES string of the molecule is CCCCC1(CC)CCCC(CC)C1. The summed E-state index contributed by atoms with van der Waals surface area (Å²) >= 11 is 0. The fourth-order valence-electron chi connectivity index (χ4n) is 3.21. The zero-order chi connectivity index (χ0) is 10.4. The Bertz CT molecular complexity index is 150. The van der Waals surface area contributed by atoms with E-state index in [2.05, 4.69) is 20.8 Å². The van der Waals surface area contributed by atoms with Crippen molar-refractivity contribution in [1.82, 2.24) is 0 Å². The Morgan fingerprint density at radius 2 is 2.00 bits per heavy atom.